The number of carbonyl (C=O) groups is 1. The Bertz CT molecular complexity index is 898. The minimum absolute atomic E-state index is 0.0853. The van der Waals surface area contributed by atoms with Crippen LogP contribution in [-0.4, -0.2) is 27.6 Å². The molecule has 0 aliphatic carbocycles. The van der Waals surface area contributed by atoms with Gasteiger partial charge in [0.15, 0.2) is 5.69 Å². The molecule has 6 nitrogen and oxygen atoms in total. The first-order valence-corrected chi connectivity index (χ1v) is 9.59. The highest BCUT2D eigenvalue weighted by molar-refractivity contribution is 5.91. The zero-order valence-electron chi connectivity index (χ0n) is 17.1. The van der Waals surface area contributed by atoms with Gasteiger partial charge in [0.1, 0.15) is 5.82 Å². The molecule has 9 heteroatoms. The quantitative estimate of drug-likeness (QED) is 0.782. The molecule has 0 fully saturated rings. The van der Waals surface area contributed by atoms with Crippen molar-refractivity contribution >= 4 is 17.4 Å². The highest BCUT2D eigenvalue weighted by Gasteiger charge is 2.34. The molecule has 0 saturated carbocycles. The summed E-state index contributed by atoms with van der Waals surface area (Å²) in [7, 11) is 0. The summed E-state index contributed by atoms with van der Waals surface area (Å²) >= 11 is 0. The predicted molar refractivity (Wildman–Crippen MR) is 105 cm³/mol. The van der Waals surface area contributed by atoms with Crippen LogP contribution in [0.2, 0.25) is 0 Å². The lowest BCUT2D eigenvalue weighted by atomic mass is 9.92. The summed E-state index contributed by atoms with van der Waals surface area (Å²) in [4.78, 5) is 18.9. The average molecular weight is 409 g/mol. The second kappa shape index (κ2) is 7.68. The number of aromatic amines is 1. The number of pyridine rings is 1. The van der Waals surface area contributed by atoms with E-state index in [9.17, 15) is 18.0 Å². The third-order valence-corrected chi connectivity index (χ3v) is 4.68. The van der Waals surface area contributed by atoms with Gasteiger partial charge in [0, 0.05) is 13.0 Å². The SMILES string of the molecule is Cc1cc2c(nc1NC(=O)CC(C)(C)C)CCCN2Cc1cc(C(F)(F)F)n[nH]1. The summed E-state index contributed by atoms with van der Waals surface area (Å²) in [5, 5.41) is 8.73. The average Bonchev–Trinajstić information content (AvgIpc) is 3.03. The summed E-state index contributed by atoms with van der Waals surface area (Å²) in [6.07, 6.45) is -2.49. The van der Waals surface area contributed by atoms with E-state index in [-0.39, 0.29) is 17.9 Å². The van der Waals surface area contributed by atoms with Crippen LogP contribution in [0.4, 0.5) is 24.7 Å². The van der Waals surface area contributed by atoms with Crippen LogP contribution in [0.25, 0.3) is 0 Å². The number of hydrogen-bond acceptors (Lipinski definition) is 4. The van der Waals surface area contributed by atoms with Gasteiger partial charge in [-0.05, 0) is 42.9 Å². The number of aryl methyl sites for hydroxylation is 2. The van der Waals surface area contributed by atoms with Crippen molar-refractivity contribution in [2.45, 2.75) is 59.7 Å². The lowest BCUT2D eigenvalue weighted by Crippen LogP contribution is -2.30. The third kappa shape index (κ3) is 5.27. The zero-order valence-corrected chi connectivity index (χ0v) is 17.1. The molecule has 29 heavy (non-hydrogen) atoms. The molecule has 1 amide bonds. The van der Waals surface area contributed by atoms with E-state index in [1.807, 2.05) is 38.7 Å². The number of H-pyrrole nitrogens is 1. The molecule has 0 spiro atoms. The van der Waals surface area contributed by atoms with Crippen LogP contribution < -0.4 is 10.2 Å². The first-order chi connectivity index (χ1) is 13.4. The van der Waals surface area contributed by atoms with Gasteiger partial charge in [-0.15, -0.1) is 0 Å². The van der Waals surface area contributed by atoms with Gasteiger partial charge in [0.2, 0.25) is 5.91 Å². The number of hydrogen-bond donors (Lipinski definition) is 2. The third-order valence-electron chi connectivity index (χ3n) is 4.68. The van der Waals surface area contributed by atoms with Crippen LogP contribution in [-0.2, 0) is 23.9 Å². The lowest BCUT2D eigenvalue weighted by molar-refractivity contribution is -0.141. The van der Waals surface area contributed by atoms with E-state index in [1.54, 1.807) is 0 Å². The standard InChI is InChI=1S/C20H26F3N5O/c1-12-8-15-14(24-18(12)25-17(29)10-19(2,3)4)6-5-7-28(15)11-13-9-16(27-26-13)20(21,22)23/h8-9H,5-7,10-11H2,1-4H3,(H,26,27)(H,24,25,29). The summed E-state index contributed by atoms with van der Waals surface area (Å²) in [5.74, 6) is 0.457. The number of anilines is 2. The first kappa shape index (κ1) is 21.1. The Balaban J connectivity index is 1.78. The van der Waals surface area contributed by atoms with Gasteiger partial charge >= 0.3 is 6.18 Å². The van der Waals surface area contributed by atoms with Crippen molar-refractivity contribution in [1.82, 2.24) is 15.2 Å². The molecule has 0 radical (unpaired) electrons. The van der Waals surface area contributed by atoms with Crippen molar-refractivity contribution in [2.75, 3.05) is 16.8 Å². The second-order valence-corrected chi connectivity index (χ2v) is 8.71. The highest BCUT2D eigenvalue weighted by Crippen LogP contribution is 2.32. The van der Waals surface area contributed by atoms with Crippen molar-refractivity contribution in [2.24, 2.45) is 5.41 Å². The monoisotopic (exact) mass is 409 g/mol. The van der Waals surface area contributed by atoms with Gasteiger partial charge in [-0.1, -0.05) is 20.8 Å². The van der Waals surface area contributed by atoms with Gasteiger partial charge in [-0.3, -0.25) is 9.89 Å². The molecular weight excluding hydrogens is 383 g/mol. The van der Waals surface area contributed by atoms with Crippen molar-refractivity contribution in [3.63, 3.8) is 0 Å². The molecule has 0 bridgehead atoms. The molecule has 0 unspecified atom stereocenters. The van der Waals surface area contributed by atoms with Crippen molar-refractivity contribution in [1.29, 1.82) is 0 Å². The summed E-state index contributed by atoms with van der Waals surface area (Å²) in [5.41, 5.74) is 1.89. The molecule has 2 aromatic heterocycles. The van der Waals surface area contributed by atoms with Crippen LogP contribution in [0.3, 0.4) is 0 Å². The van der Waals surface area contributed by atoms with E-state index in [4.69, 9.17) is 0 Å². The molecule has 3 rings (SSSR count). The predicted octanol–water partition coefficient (Wildman–Crippen LogP) is 4.46. The van der Waals surface area contributed by atoms with Crippen LogP contribution in [0.5, 0.6) is 0 Å². The maximum atomic E-state index is 12.8. The Morgan fingerprint density at radius 2 is 2.00 bits per heavy atom. The van der Waals surface area contributed by atoms with E-state index in [2.05, 4.69) is 20.5 Å². The molecule has 1 aliphatic rings. The second-order valence-electron chi connectivity index (χ2n) is 8.71. The molecular formula is C20H26F3N5O. The van der Waals surface area contributed by atoms with E-state index < -0.39 is 11.9 Å². The summed E-state index contributed by atoms with van der Waals surface area (Å²) in [6, 6.07) is 2.98. The van der Waals surface area contributed by atoms with Gasteiger partial charge in [0.05, 0.1) is 23.6 Å². The molecule has 0 aromatic carbocycles. The number of carbonyl (C=O) groups excluding carboxylic acids is 1. The fraction of sp³-hybridized carbons (Fsp3) is 0.550. The fourth-order valence-electron chi connectivity index (χ4n) is 3.39. The van der Waals surface area contributed by atoms with Crippen LogP contribution in [0.1, 0.15) is 56.3 Å². The van der Waals surface area contributed by atoms with E-state index >= 15 is 0 Å². The molecule has 1 aliphatic heterocycles. The summed E-state index contributed by atoms with van der Waals surface area (Å²) in [6.45, 7) is 8.85. The molecule has 2 N–H and O–H groups in total. The molecule has 2 aromatic rings. The van der Waals surface area contributed by atoms with Crippen LogP contribution in [0, 0.1) is 12.3 Å². The van der Waals surface area contributed by atoms with Gasteiger partial charge < -0.3 is 10.2 Å². The number of fused-ring (bicyclic) bond motifs is 1. The van der Waals surface area contributed by atoms with E-state index in [0.717, 1.165) is 35.9 Å². The fourth-order valence-corrected chi connectivity index (χ4v) is 3.39. The Kier molecular flexibility index (Phi) is 5.60. The van der Waals surface area contributed by atoms with Crippen LogP contribution in [0.15, 0.2) is 12.1 Å². The maximum absolute atomic E-state index is 12.8. The maximum Gasteiger partial charge on any atom is 0.435 e. The van der Waals surface area contributed by atoms with E-state index in [1.165, 1.54) is 0 Å². The normalized spacial score (nSPS) is 14.7. The van der Waals surface area contributed by atoms with Gasteiger partial charge in [-0.2, -0.15) is 18.3 Å². The molecule has 0 saturated heterocycles. The number of rotatable bonds is 4. The highest BCUT2D eigenvalue weighted by atomic mass is 19.4. The number of aromatic nitrogens is 3. The minimum atomic E-state index is -4.47. The number of halogens is 3. The van der Waals surface area contributed by atoms with Crippen molar-refractivity contribution in [3.8, 4) is 0 Å². The van der Waals surface area contributed by atoms with Gasteiger partial charge in [-0.25, -0.2) is 4.98 Å². The minimum Gasteiger partial charge on any atom is -0.364 e. The molecule has 158 valence electrons. The smallest absolute Gasteiger partial charge is 0.364 e. The largest absolute Gasteiger partial charge is 0.435 e. The van der Waals surface area contributed by atoms with Crippen LogP contribution >= 0.6 is 0 Å². The number of amides is 1. The Labute approximate surface area is 167 Å². The first-order valence-electron chi connectivity index (χ1n) is 9.59. The number of nitrogens with one attached hydrogen (secondary N) is 2. The molecule has 0 atom stereocenters. The molecule has 3 heterocycles. The number of nitrogens with zero attached hydrogens (tertiary/aromatic N) is 3. The van der Waals surface area contributed by atoms with Crippen molar-refractivity contribution in [3.05, 3.63) is 34.8 Å². The lowest BCUT2D eigenvalue weighted by Gasteiger charge is -2.31. The van der Waals surface area contributed by atoms with Gasteiger partial charge in [0.25, 0.3) is 0 Å². The number of alkyl halides is 3. The topological polar surface area (TPSA) is 73.9 Å². The zero-order chi connectivity index (χ0) is 21.4. The Hall–Kier alpha value is -2.58. The van der Waals surface area contributed by atoms with Crippen molar-refractivity contribution < 1.29 is 18.0 Å². The van der Waals surface area contributed by atoms with E-state index in [0.29, 0.717) is 24.5 Å². The Morgan fingerprint density at radius 3 is 2.62 bits per heavy atom. The Morgan fingerprint density at radius 1 is 1.28 bits per heavy atom. The summed E-state index contributed by atoms with van der Waals surface area (Å²) < 4.78 is 38.3.